The number of benzene rings is 3. The molecule has 1 aromatic heterocycles. The Balaban J connectivity index is 2.03. The second-order valence-electron chi connectivity index (χ2n) is 6.95. The number of aliphatic hydroxyl groups is 2. The Hall–Kier alpha value is -3.48. The van der Waals surface area contributed by atoms with Gasteiger partial charge in [-0.05, 0) is 29.3 Å². The molecular weight excluding hydrogens is 380 g/mol. The molecule has 152 valence electrons. The molecule has 0 bridgehead atoms. The highest BCUT2D eigenvalue weighted by Gasteiger charge is 2.39. The monoisotopic (exact) mass is 402 g/mol. The van der Waals surface area contributed by atoms with E-state index in [0.717, 1.165) is 0 Å². The van der Waals surface area contributed by atoms with Crippen LogP contribution in [-0.2, 0) is 16.9 Å². The van der Waals surface area contributed by atoms with Gasteiger partial charge in [0.1, 0.15) is 0 Å². The minimum absolute atomic E-state index is 0.152. The molecule has 2 N–H and O–H groups in total. The first-order chi connectivity index (χ1) is 14.6. The van der Waals surface area contributed by atoms with Gasteiger partial charge in [-0.25, -0.2) is 9.78 Å². The molecule has 6 nitrogen and oxygen atoms in total. The molecule has 0 amide bonds. The molecule has 0 radical (unpaired) electrons. The summed E-state index contributed by atoms with van der Waals surface area (Å²) >= 11 is 0. The van der Waals surface area contributed by atoms with Crippen LogP contribution in [0.2, 0.25) is 0 Å². The van der Waals surface area contributed by atoms with Crippen LogP contribution in [0.1, 0.15) is 27.3 Å². The summed E-state index contributed by atoms with van der Waals surface area (Å²) in [5, 5.41) is 21.8. The summed E-state index contributed by atoms with van der Waals surface area (Å²) in [5.74, 6) is -0.0949. The zero-order valence-corrected chi connectivity index (χ0v) is 16.5. The second kappa shape index (κ2) is 8.10. The number of methoxy groups -OCH3 is 1. The molecule has 0 saturated carbocycles. The Morgan fingerprint density at radius 3 is 2.13 bits per heavy atom. The van der Waals surface area contributed by atoms with Gasteiger partial charge in [0.05, 0.1) is 30.3 Å². The summed E-state index contributed by atoms with van der Waals surface area (Å²) in [7, 11) is 1.33. The molecule has 1 heterocycles. The van der Waals surface area contributed by atoms with Crippen molar-refractivity contribution in [1.82, 2.24) is 9.55 Å². The first-order valence-electron chi connectivity index (χ1n) is 9.63. The van der Waals surface area contributed by atoms with Crippen molar-refractivity contribution in [3.05, 3.63) is 101 Å². The number of ether oxygens (including phenoxy) is 1. The number of imidazole rings is 1. The van der Waals surface area contributed by atoms with Crippen molar-refractivity contribution in [1.29, 1.82) is 0 Å². The summed E-state index contributed by atoms with van der Waals surface area (Å²) in [6.07, 6.45) is 0. The predicted octanol–water partition coefficient (Wildman–Crippen LogP) is 3.10. The van der Waals surface area contributed by atoms with E-state index < -0.39 is 11.6 Å². The van der Waals surface area contributed by atoms with E-state index in [9.17, 15) is 15.0 Å². The maximum atomic E-state index is 12.1. The van der Waals surface area contributed by atoms with Gasteiger partial charge in [-0.2, -0.15) is 0 Å². The second-order valence-corrected chi connectivity index (χ2v) is 6.95. The first-order valence-corrected chi connectivity index (χ1v) is 9.63. The fraction of sp³-hybridized carbons (Fsp3) is 0.167. The largest absolute Gasteiger partial charge is 0.465 e. The van der Waals surface area contributed by atoms with Crippen LogP contribution >= 0.6 is 0 Å². The molecule has 0 aliphatic rings. The molecule has 0 spiro atoms. The minimum Gasteiger partial charge on any atom is -0.465 e. The van der Waals surface area contributed by atoms with Crippen molar-refractivity contribution in [3.8, 4) is 0 Å². The van der Waals surface area contributed by atoms with Crippen molar-refractivity contribution in [2.75, 3.05) is 13.7 Å². The number of esters is 1. The van der Waals surface area contributed by atoms with E-state index >= 15 is 0 Å². The average Bonchev–Trinajstić information content (AvgIpc) is 3.17. The molecule has 4 rings (SSSR count). The minimum atomic E-state index is -1.55. The zero-order chi connectivity index (χ0) is 21.1. The van der Waals surface area contributed by atoms with Gasteiger partial charge in [0.2, 0.25) is 0 Å². The summed E-state index contributed by atoms with van der Waals surface area (Å²) in [4.78, 5) is 16.8. The number of hydrogen-bond acceptors (Lipinski definition) is 5. The van der Waals surface area contributed by atoms with Gasteiger partial charge >= 0.3 is 5.97 Å². The van der Waals surface area contributed by atoms with Crippen LogP contribution in [0.3, 0.4) is 0 Å². The summed E-state index contributed by atoms with van der Waals surface area (Å²) < 4.78 is 6.58. The molecule has 0 atom stereocenters. The van der Waals surface area contributed by atoms with Gasteiger partial charge in [-0.3, -0.25) is 0 Å². The Bertz CT molecular complexity index is 1130. The third-order valence-electron chi connectivity index (χ3n) is 5.20. The lowest BCUT2D eigenvalue weighted by Crippen LogP contribution is -2.33. The highest BCUT2D eigenvalue weighted by atomic mass is 16.5. The smallest absolute Gasteiger partial charge is 0.337 e. The normalized spacial score (nSPS) is 11.6. The van der Waals surface area contributed by atoms with Gasteiger partial charge in [0, 0.05) is 6.54 Å². The van der Waals surface area contributed by atoms with Crippen molar-refractivity contribution >= 4 is 17.0 Å². The predicted molar refractivity (Wildman–Crippen MR) is 113 cm³/mol. The molecule has 0 unspecified atom stereocenters. The van der Waals surface area contributed by atoms with Crippen molar-refractivity contribution < 1.29 is 19.7 Å². The Morgan fingerprint density at radius 2 is 1.60 bits per heavy atom. The summed E-state index contributed by atoms with van der Waals surface area (Å²) in [6, 6.07) is 23.6. The molecule has 3 aromatic carbocycles. The molecular formula is C24H22N2O4. The first kappa shape index (κ1) is 19.8. The van der Waals surface area contributed by atoms with Gasteiger partial charge < -0.3 is 19.5 Å². The van der Waals surface area contributed by atoms with E-state index in [-0.39, 0.29) is 13.2 Å². The average molecular weight is 402 g/mol. The molecule has 0 aliphatic heterocycles. The topological polar surface area (TPSA) is 84.6 Å². The van der Waals surface area contributed by atoms with Gasteiger partial charge in [0.15, 0.2) is 11.4 Å². The Morgan fingerprint density at radius 1 is 1.00 bits per heavy atom. The number of fused-ring (bicyclic) bond motifs is 1. The third-order valence-corrected chi connectivity index (χ3v) is 5.20. The van der Waals surface area contributed by atoms with Crippen LogP contribution in [0.15, 0.2) is 78.9 Å². The lowest BCUT2D eigenvalue weighted by atomic mass is 9.85. The van der Waals surface area contributed by atoms with Crippen LogP contribution in [0.25, 0.3) is 11.0 Å². The standard InChI is InChI=1S/C24H22N2O4/c1-30-22(28)17-12-13-20-21(16-17)26(14-15-27)23(25-20)24(29,18-8-4-2-5-9-18)19-10-6-3-7-11-19/h2-13,16,27,29H,14-15H2,1H3. The fourth-order valence-electron chi connectivity index (χ4n) is 3.75. The van der Waals surface area contributed by atoms with Gasteiger partial charge in [0.25, 0.3) is 0 Å². The molecule has 30 heavy (non-hydrogen) atoms. The maximum absolute atomic E-state index is 12.1. The van der Waals surface area contributed by atoms with E-state index in [2.05, 4.69) is 0 Å². The SMILES string of the molecule is COC(=O)c1ccc2nc(C(O)(c3ccccc3)c3ccccc3)n(CCO)c2c1. The number of aliphatic hydroxyl groups excluding tert-OH is 1. The van der Waals surface area contributed by atoms with Crippen molar-refractivity contribution in [3.63, 3.8) is 0 Å². The van der Waals surface area contributed by atoms with E-state index in [0.29, 0.717) is 33.5 Å². The number of aromatic nitrogens is 2. The van der Waals surface area contributed by atoms with Crippen LogP contribution in [0.5, 0.6) is 0 Å². The number of carbonyl (C=O) groups excluding carboxylic acids is 1. The lowest BCUT2D eigenvalue weighted by Gasteiger charge is -2.29. The lowest BCUT2D eigenvalue weighted by molar-refractivity contribution is 0.0601. The summed E-state index contributed by atoms with van der Waals surface area (Å²) in [5.41, 5.74) is 1.36. The fourth-order valence-corrected chi connectivity index (χ4v) is 3.75. The van der Waals surface area contributed by atoms with E-state index in [1.54, 1.807) is 22.8 Å². The quantitative estimate of drug-likeness (QED) is 0.484. The third kappa shape index (κ3) is 3.26. The van der Waals surface area contributed by atoms with E-state index in [1.165, 1.54) is 7.11 Å². The van der Waals surface area contributed by atoms with Crippen molar-refractivity contribution in [2.24, 2.45) is 0 Å². The number of nitrogens with zero attached hydrogens (tertiary/aromatic N) is 2. The molecule has 0 aliphatic carbocycles. The van der Waals surface area contributed by atoms with Crippen molar-refractivity contribution in [2.45, 2.75) is 12.1 Å². The highest BCUT2D eigenvalue weighted by molar-refractivity contribution is 5.93. The maximum Gasteiger partial charge on any atom is 0.337 e. The number of rotatable bonds is 6. The van der Waals surface area contributed by atoms with Crippen LogP contribution in [0, 0.1) is 0 Å². The van der Waals surface area contributed by atoms with E-state index in [1.807, 2.05) is 60.7 Å². The number of hydrogen-bond donors (Lipinski definition) is 2. The highest BCUT2D eigenvalue weighted by Crippen LogP contribution is 2.37. The van der Waals surface area contributed by atoms with Gasteiger partial charge in [-0.15, -0.1) is 0 Å². The van der Waals surface area contributed by atoms with Crippen LogP contribution < -0.4 is 0 Å². The Kier molecular flexibility index (Phi) is 5.35. The van der Waals surface area contributed by atoms with Crippen LogP contribution in [-0.4, -0.2) is 39.5 Å². The molecule has 6 heteroatoms. The molecule has 0 fully saturated rings. The zero-order valence-electron chi connectivity index (χ0n) is 16.5. The molecule has 4 aromatic rings. The number of carbonyl (C=O) groups is 1. The van der Waals surface area contributed by atoms with E-state index in [4.69, 9.17) is 9.72 Å². The van der Waals surface area contributed by atoms with Crippen LogP contribution in [0.4, 0.5) is 0 Å². The molecule has 0 saturated heterocycles. The Labute approximate surface area is 174 Å². The summed E-state index contributed by atoms with van der Waals surface area (Å²) in [6.45, 7) is 0.0546. The van der Waals surface area contributed by atoms with Gasteiger partial charge in [-0.1, -0.05) is 60.7 Å².